The fourth-order valence-corrected chi connectivity index (χ4v) is 1.63. The minimum Gasteiger partial charge on any atom is -1.00 e. The van der Waals surface area contributed by atoms with Gasteiger partial charge in [-0.2, -0.15) is 10.2 Å². The average Bonchev–Trinajstić information content (AvgIpc) is 3.42. The summed E-state index contributed by atoms with van der Waals surface area (Å²) in [5, 5.41) is 19.6. The van der Waals surface area contributed by atoms with Gasteiger partial charge < -0.3 is 35.4 Å². The third-order valence-electron chi connectivity index (χ3n) is 3.44. The van der Waals surface area contributed by atoms with Gasteiger partial charge in [0.25, 0.3) is 0 Å². The maximum atomic E-state index is 10.7. The molecular formula is C16H26Cl2N10O4Zn. The molecule has 2 heterocycles. The van der Waals surface area contributed by atoms with Crippen molar-refractivity contribution in [2.45, 2.75) is 38.8 Å². The normalized spacial score (nSPS) is 10.6. The summed E-state index contributed by atoms with van der Waals surface area (Å²) in [7, 11) is 2.92. The second-order valence-electron chi connectivity index (χ2n) is 6.71. The van der Waals surface area contributed by atoms with Crippen LogP contribution in [0, 0.1) is 0 Å². The van der Waals surface area contributed by atoms with Crippen molar-refractivity contribution in [2.75, 3.05) is 14.1 Å². The van der Waals surface area contributed by atoms with Gasteiger partial charge in [-0.15, -0.1) is 0 Å². The van der Waals surface area contributed by atoms with E-state index >= 15 is 0 Å². The summed E-state index contributed by atoms with van der Waals surface area (Å²) in [4.78, 5) is 38.0. The fraction of sp³-hybridized carbons (Fsp3) is 0.500. The van der Waals surface area contributed by atoms with E-state index in [1.54, 1.807) is 22.0 Å². The molecule has 180 valence electrons. The molecule has 0 atom stereocenters. The van der Waals surface area contributed by atoms with E-state index in [1.807, 2.05) is 27.7 Å². The summed E-state index contributed by atoms with van der Waals surface area (Å²) in [6.07, 6.45) is 7.69. The van der Waals surface area contributed by atoms with Gasteiger partial charge in [-0.05, 0) is 27.7 Å². The predicted octanol–water partition coefficient (Wildman–Crippen LogP) is -5.28. The van der Waals surface area contributed by atoms with Gasteiger partial charge in [-0.25, -0.2) is 28.9 Å². The number of carbonyl (C=O) groups is 2. The molecule has 33 heavy (non-hydrogen) atoms. The monoisotopic (exact) mass is 556 g/mol. The Morgan fingerprint density at radius 3 is 1.39 bits per heavy atom. The van der Waals surface area contributed by atoms with Crippen molar-refractivity contribution >= 4 is 24.6 Å². The van der Waals surface area contributed by atoms with Gasteiger partial charge in [0.05, 0.1) is 23.5 Å². The Kier molecular flexibility index (Phi) is 17.9. The van der Waals surface area contributed by atoms with Crippen LogP contribution < -0.4 is 35.4 Å². The topological polar surface area (TPSA) is 163 Å². The first kappa shape index (κ1) is 35.0. The first-order chi connectivity index (χ1) is 14.1. The number of rotatable bonds is 6. The molecule has 0 radical (unpaired) electrons. The van der Waals surface area contributed by atoms with E-state index in [4.69, 9.17) is 0 Å². The van der Waals surface area contributed by atoms with Crippen molar-refractivity contribution in [3.8, 4) is 0 Å². The smallest absolute Gasteiger partial charge is 1.00 e. The van der Waals surface area contributed by atoms with Crippen LogP contribution in [0.4, 0.5) is 9.59 Å². The van der Waals surface area contributed by atoms with Gasteiger partial charge in [0, 0.05) is 14.1 Å². The number of amides is 2. The second-order valence-corrected chi connectivity index (χ2v) is 6.71. The van der Waals surface area contributed by atoms with Crippen LogP contribution in [0.25, 0.3) is 0 Å². The molecule has 2 rings (SSSR count). The van der Waals surface area contributed by atoms with Crippen LogP contribution in [0.15, 0.2) is 35.6 Å². The van der Waals surface area contributed by atoms with Crippen molar-refractivity contribution in [1.29, 1.82) is 0 Å². The molecule has 0 spiro atoms. The van der Waals surface area contributed by atoms with Crippen molar-refractivity contribution in [2.24, 2.45) is 10.3 Å². The molecule has 0 saturated heterocycles. The molecule has 0 unspecified atom stereocenters. The molecule has 2 N–H and O–H groups in total. The number of aromatic nitrogens is 6. The molecule has 14 nitrogen and oxygen atoms in total. The Morgan fingerprint density at radius 2 is 1.15 bits per heavy atom. The Hall–Kier alpha value is -2.64. The maximum Gasteiger partial charge on any atom is 2.00 e. The molecule has 0 aliphatic rings. The van der Waals surface area contributed by atoms with Gasteiger partial charge in [0.1, 0.15) is 25.3 Å². The molecular weight excluding hydrogens is 533 g/mol. The van der Waals surface area contributed by atoms with E-state index in [9.17, 15) is 9.59 Å². The second kappa shape index (κ2) is 16.9. The van der Waals surface area contributed by atoms with E-state index in [2.05, 4.69) is 50.8 Å². The van der Waals surface area contributed by atoms with Crippen LogP contribution in [0.3, 0.4) is 0 Å². The van der Waals surface area contributed by atoms with Gasteiger partial charge in [0.2, 0.25) is 0 Å². The molecule has 0 saturated carbocycles. The van der Waals surface area contributed by atoms with E-state index in [0.29, 0.717) is 0 Å². The molecule has 2 amide bonds. The fourth-order valence-electron chi connectivity index (χ4n) is 1.63. The third kappa shape index (κ3) is 12.9. The SMILES string of the molecule is CNC(=O)ON=CC(C)(C)n1cncn1.CNC(=O)ON=CC(C)(C)n1cncn1.[Cl-].[Cl-].[Zn+2]. The zero-order valence-electron chi connectivity index (χ0n) is 19.1. The standard InChI is InChI=1S/2C8H13N5O2.2ClH.Zn/c2*1-8(2,13-6-10-5-11-13)4-12-15-7(14)9-3;;;/h2*4-6H,1-3H3,(H,9,14);2*1H;/q;;;;+2/p-2. The molecule has 2 aromatic rings. The van der Waals surface area contributed by atoms with Crippen LogP contribution in [0.5, 0.6) is 0 Å². The Morgan fingerprint density at radius 1 is 0.818 bits per heavy atom. The van der Waals surface area contributed by atoms with Gasteiger partial charge >= 0.3 is 31.7 Å². The first-order valence-electron chi connectivity index (χ1n) is 8.69. The number of nitrogens with zero attached hydrogens (tertiary/aromatic N) is 8. The van der Waals surface area contributed by atoms with E-state index in [-0.39, 0.29) is 44.3 Å². The Balaban J connectivity index is -0.000000500. The third-order valence-corrected chi connectivity index (χ3v) is 3.44. The predicted molar refractivity (Wildman–Crippen MR) is 107 cm³/mol. The zero-order valence-corrected chi connectivity index (χ0v) is 23.6. The molecule has 0 fully saturated rings. The number of halogens is 2. The molecule has 17 heteroatoms. The minimum absolute atomic E-state index is 0. The number of hydrogen-bond acceptors (Lipinski definition) is 10. The largest absolute Gasteiger partial charge is 2.00 e. The Labute approximate surface area is 216 Å². The number of oxime groups is 2. The van der Waals surface area contributed by atoms with E-state index in [1.165, 1.54) is 39.2 Å². The van der Waals surface area contributed by atoms with Crippen LogP contribution >= 0.6 is 0 Å². The van der Waals surface area contributed by atoms with Crippen molar-refractivity contribution in [1.82, 2.24) is 40.2 Å². The van der Waals surface area contributed by atoms with Crippen molar-refractivity contribution in [3.05, 3.63) is 25.3 Å². The molecule has 0 aliphatic carbocycles. The average molecular weight is 559 g/mol. The summed E-state index contributed by atoms with van der Waals surface area (Å²) in [5.74, 6) is 0. The van der Waals surface area contributed by atoms with Crippen LogP contribution in [-0.4, -0.2) is 68.2 Å². The van der Waals surface area contributed by atoms with Gasteiger partial charge in [0.15, 0.2) is 0 Å². The van der Waals surface area contributed by atoms with Gasteiger partial charge in [-0.3, -0.25) is 9.68 Å². The first-order valence-corrected chi connectivity index (χ1v) is 8.69. The maximum absolute atomic E-state index is 10.7. The minimum atomic E-state index is -0.611. The molecule has 0 aliphatic heterocycles. The van der Waals surface area contributed by atoms with Crippen LogP contribution in [0.2, 0.25) is 0 Å². The molecule has 0 bridgehead atoms. The summed E-state index contributed by atoms with van der Waals surface area (Å²) >= 11 is 0. The summed E-state index contributed by atoms with van der Waals surface area (Å²) in [6, 6.07) is 0. The number of carbonyl (C=O) groups excluding carboxylic acids is 2. The zero-order chi connectivity index (χ0) is 22.6. The number of nitrogens with one attached hydrogen (secondary N) is 2. The molecule has 0 aromatic carbocycles. The van der Waals surface area contributed by atoms with Crippen molar-refractivity contribution < 1.29 is 63.6 Å². The van der Waals surface area contributed by atoms with E-state index in [0.717, 1.165) is 0 Å². The van der Waals surface area contributed by atoms with Crippen LogP contribution in [-0.2, 0) is 40.2 Å². The summed E-state index contributed by atoms with van der Waals surface area (Å²) in [6.45, 7) is 7.44. The van der Waals surface area contributed by atoms with Gasteiger partial charge in [-0.1, -0.05) is 10.3 Å². The van der Waals surface area contributed by atoms with E-state index < -0.39 is 23.3 Å². The number of hydrogen-bond donors (Lipinski definition) is 2. The molecule has 2 aromatic heterocycles. The van der Waals surface area contributed by atoms with Crippen molar-refractivity contribution in [3.63, 3.8) is 0 Å². The summed E-state index contributed by atoms with van der Waals surface area (Å²) < 4.78 is 3.20. The van der Waals surface area contributed by atoms with Crippen LogP contribution in [0.1, 0.15) is 27.7 Å². The quantitative estimate of drug-likeness (QED) is 0.154. The summed E-state index contributed by atoms with van der Waals surface area (Å²) in [5.41, 5.74) is -0.991. The Bertz CT molecular complexity index is 775.